The van der Waals surface area contributed by atoms with Crippen LogP contribution in [0, 0.1) is 0 Å². The summed E-state index contributed by atoms with van der Waals surface area (Å²) in [5.74, 6) is 0.0212. The summed E-state index contributed by atoms with van der Waals surface area (Å²) < 4.78 is 1.18. The average molecular weight is 478 g/mol. The third kappa shape index (κ3) is 5.18. The van der Waals surface area contributed by atoms with Crippen molar-refractivity contribution in [1.82, 2.24) is 9.88 Å². The molecule has 6 heteroatoms. The van der Waals surface area contributed by atoms with Gasteiger partial charge in [-0.2, -0.15) is 0 Å². The molecule has 1 amide bonds. The summed E-state index contributed by atoms with van der Waals surface area (Å²) >= 11 is 3.43. The highest BCUT2D eigenvalue weighted by Gasteiger charge is 2.28. The number of nitrogens with zero attached hydrogens (tertiary/aromatic N) is 2. The first-order valence-electron chi connectivity index (χ1n) is 11.7. The van der Waals surface area contributed by atoms with Gasteiger partial charge in [0.1, 0.15) is 10.0 Å². The topological polar surface area (TPSA) is 45.2 Å². The van der Waals surface area contributed by atoms with Gasteiger partial charge in [-0.05, 0) is 43.5 Å². The van der Waals surface area contributed by atoms with Crippen molar-refractivity contribution >= 4 is 43.8 Å². The Kier molecular flexibility index (Phi) is 7.58. The minimum Gasteiger partial charge on any atom is -0.317 e. The van der Waals surface area contributed by atoms with E-state index in [0.717, 1.165) is 46.2 Å². The quantitative estimate of drug-likeness (QED) is 0.337. The fraction of sp³-hybridized carbons (Fsp3) is 0.333. The Morgan fingerprint density at radius 2 is 1.79 bits per heavy atom. The van der Waals surface area contributed by atoms with Gasteiger partial charge in [0.05, 0.1) is 16.6 Å². The Bertz CT molecular complexity index is 1190. The third-order valence-electron chi connectivity index (χ3n) is 5.78. The van der Waals surface area contributed by atoms with E-state index in [9.17, 15) is 4.79 Å². The summed E-state index contributed by atoms with van der Waals surface area (Å²) in [4.78, 5) is 21.7. The zero-order valence-electron chi connectivity index (χ0n) is 19.7. The van der Waals surface area contributed by atoms with Crippen LogP contribution in [0.2, 0.25) is 0 Å². The van der Waals surface area contributed by atoms with Gasteiger partial charge in [-0.3, -0.25) is 9.69 Å². The predicted molar refractivity (Wildman–Crippen MR) is 142 cm³/mol. The van der Waals surface area contributed by atoms with Crippen LogP contribution in [0.15, 0.2) is 54.6 Å². The number of para-hydroxylation sites is 1. The second-order valence-electron chi connectivity index (χ2n) is 8.22. The number of hydrogen-bond donors (Lipinski definition) is 1. The highest BCUT2D eigenvalue weighted by Crippen LogP contribution is 2.45. The van der Waals surface area contributed by atoms with Gasteiger partial charge in [0.15, 0.2) is 0 Å². The van der Waals surface area contributed by atoms with Crippen LogP contribution in [-0.4, -0.2) is 28.4 Å². The van der Waals surface area contributed by atoms with Crippen LogP contribution in [0.25, 0.3) is 20.8 Å². The highest BCUT2D eigenvalue weighted by atomic mass is 32.1. The second kappa shape index (κ2) is 10.6. The molecule has 0 saturated carbocycles. The highest BCUT2D eigenvalue weighted by molar-refractivity contribution is 7.22. The molecule has 0 aliphatic carbocycles. The lowest BCUT2D eigenvalue weighted by Gasteiger charge is -2.30. The summed E-state index contributed by atoms with van der Waals surface area (Å²) in [6.45, 7) is 10.5. The van der Waals surface area contributed by atoms with Gasteiger partial charge in [-0.1, -0.05) is 56.3 Å². The van der Waals surface area contributed by atoms with Gasteiger partial charge >= 0.3 is 0 Å². The molecule has 0 saturated heterocycles. The summed E-state index contributed by atoms with van der Waals surface area (Å²) in [6, 6.07) is 18.7. The van der Waals surface area contributed by atoms with Crippen molar-refractivity contribution in [2.24, 2.45) is 0 Å². The molecule has 5 rings (SSSR count). The second-order valence-corrected chi connectivity index (χ2v) is 10.4. The number of thiazole rings is 1. The zero-order valence-corrected chi connectivity index (χ0v) is 21.4. The molecule has 0 bridgehead atoms. The lowest BCUT2D eigenvalue weighted by Crippen LogP contribution is -2.35. The van der Waals surface area contributed by atoms with Crippen LogP contribution in [-0.2, 0) is 24.2 Å². The van der Waals surface area contributed by atoms with Gasteiger partial charge in [0.2, 0.25) is 5.91 Å². The van der Waals surface area contributed by atoms with E-state index < -0.39 is 0 Å². The number of benzene rings is 2. The van der Waals surface area contributed by atoms with Gasteiger partial charge in [-0.15, -0.1) is 22.7 Å². The van der Waals surface area contributed by atoms with Gasteiger partial charge in [0.25, 0.3) is 0 Å². The summed E-state index contributed by atoms with van der Waals surface area (Å²) in [6.07, 6.45) is 1.37. The van der Waals surface area contributed by atoms with Gasteiger partial charge in [-0.25, -0.2) is 4.98 Å². The van der Waals surface area contributed by atoms with E-state index in [-0.39, 0.29) is 5.91 Å². The average Bonchev–Trinajstić information content (AvgIpc) is 3.40. The van der Waals surface area contributed by atoms with Crippen molar-refractivity contribution in [1.29, 1.82) is 0 Å². The Morgan fingerprint density at radius 1 is 1.06 bits per heavy atom. The van der Waals surface area contributed by atoms with Crippen LogP contribution < -0.4 is 5.32 Å². The van der Waals surface area contributed by atoms with E-state index in [0.29, 0.717) is 12.5 Å². The predicted octanol–water partition coefficient (Wildman–Crippen LogP) is 7.00. The van der Waals surface area contributed by atoms with Gasteiger partial charge in [0, 0.05) is 29.6 Å². The van der Waals surface area contributed by atoms with Crippen molar-refractivity contribution in [2.45, 2.75) is 53.1 Å². The van der Waals surface area contributed by atoms with Crippen LogP contribution in [0.4, 0.5) is 5.00 Å². The first-order chi connectivity index (χ1) is 16.1. The molecule has 1 aliphatic heterocycles. The van der Waals surface area contributed by atoms with Crippen molar-refractivity contribution in [3.05, 3.63) is 70.6 Å². The monoisotopic (exact) mass is 477 g/mol. The van der Waals surface area contributed by atoms with E-state index in [2.05, 4.69) is 42.3 Å². The molecule has 0 atom stereocenters. The Balaban J connectivity index is 0.00000126. The minimum atomic E-state index is 0.0212. The molecule has 33 heavy (non-hydrogen) atoms. The number of carbonyl (C=O) groups is 1. The van der Waals surface area contributed by atoms with Crippen molar-refractivity contribution in [3.8, 4) is 10.6 Å². The number of fused-ring (bicyclic) bond motifs is 2. The smallest absolute Gasteiger partial charge is 0.229 e. The molecule has 0 spiro atoms. The number of amides is 1. The van der Waals surface area contributed by atoms with Gasteiger partial charge < -0.3 is 5.32 Å². The SMILES string of the molecule is CC.CC(C)N1CCc2c(sc(NC(=O)Cc3ccccc3)c2-c2nc3ccccc3s2)C1. The maximum absolute atomic E-state index is 12.9. The molecule has 3 heterocycles. The van der Waals surface area contributed by atoms with Crippen molar-refractivity contribution < 1.29 is 4.79 Å². The number of carbonyl (C=O) groups excluding carboxylic acids is 1. The van der Waals surface area contributed by atoms with E-state index in [1.165, 1.54) is 15.1 Å². The Morgan fingerprint density at radius 3 is 2.52 bits per heavy atom. The van der Waals surface area contributed by atoms with E-state index in [4.69, 9.17) is 4.98 Å². The first kappa shape index (κ1) is 23.6. The van der Waals surface area contributed by atoms with Crippen LogP contribution in [0.5, 0.6) is 0 Å². The third-order valence-corrected chi connectivity index (χ3v) is 7.97. The molecule has 1 N–H and O–H groups in total. The van der Waals surface area contributed by atoms with Crippen LogP contribution in [0.1, 0.15) is 43.7 Å². The Hall–Kier alpha value is -2.54. The molecule has 2 aromatic carbocycles. The van der Waals surface area contributed by atoms with Crippen LogP contribution >= 0.6 is 22.7 Å². The number of anilines is 1. The molecule has 2 aromatic heterocycles. The maximum atomic E-state index is 12.9. The largest absolute Gasteiger partial charge is 0.317 e. The van der Waals surface area contributed by atoms with Crippen molar-refractivity contribution in [2.75, 3.05) is 11.9 Å². The number of nitrogens with one attached hydrogen (secondary N) is 1. The number of aromatic nitrogens is 1. The number of rotatable bonds is 5. The van der Waals surface area contributed by atoms with Crippen LogP contribution in [0.3, 0.4) is 0 Å². The fourth-order valence-electron chi connectivity index (χ4n) is 4.11. The molecule has 0 radical (unpaired) electrons. The maximum Gasteiger partial charge on any atom is 0.229 e. The Labute approximate surface area is 204 Å². The summed E-state index contributed by atoms with van der Waals surface area (Å²) in [5, 5.41) is 5.18. The molecule has 1 aliphatic rings. The molecule has 4 nitrogen and oxygen atoms in total. The molecule has 0 unspecified atom stereocenters. The normalized spacial score (nSPS) is 13.5. The number of hydrogen-bond acceptors (Lipinski definition) is 5. The minimum absolute atomic E-state index is 0.0212. The molecule has 4 aromatic rings. The molecule has 0 fully saturated rings. The lowest BCUT2D eigenvalue weighted by molar-refractivity contribution is -0.115. The van der Waals surface area contributed by atoms with E-state index in [1.54, 1.807) is 22.7 Å². The fourth-order valence-corrected chi connectivity index (χ4v) is 6.51. The summed E-state index contributed by atoms with van der Waals surface area (Å²) in [7, 11) is 0. The zero-order chi connectivity index (χ0) is 23.4. The van der Waals surface area contributed by atoms with Crippen molar-refractivity contribution in [3.63, 3.8) is 0 Å². The molecule has 172 valence electrons. The standard InChI is InChI=1S/C25H25N3OS2.C2H6/c1-16(2)28-13-12-18-21(15-28)31-25(27-22(29)14-17-8-4-3-5-9-17)23(18)24-26-19-10-6-7-11-20(19)30-24;1-2/h3-11,16H,12-15H2,1-2H3,(H,27,29);1-2H3. The van der Waals surface area contributed by atoms with E-state index >= 15 is 0 Å². The molecular formula is C27H31N3OS2. The first-order valence-corrected chi connectivity index (χ1v) is 13.3. The summed E-state index contributed by atoms with van der Waals surface area (Å²) in [5.41, 5.74) is 4.53. The van der Waals surface area contributed by atoms with E-state index in [1.807, 2.05) is 50.2 Å². The lowest BCUT2D eigenvalue weighted by atomic mass is 10.0. The number of thiophene rings is 1. The molecular weight excluding hydrogens is 446 g/mol.